The molecule has 2 nitrogen and oxygen atoms in total. The molecule has 0 saturated carbocycles. The number of rotatable bonds is 2. The van der Waals surface area contributed by atoms with Gasteiger partial charge in [-0.15, -0.1) is 0 Å². The van der Waals surface area contributed by atoms with E-state index in [1.165, 1.54) is 12.1 Å². The molecule has 0 radical (unpaired) electrons. The van der Waals surface area contributed by atoms with Gasteiger partial charge in [0.05, 0.1) is 0 Å². The Balaban J connectivity index is 2.37. The van der Waals surface area contributed by atoms with Crippen LogP contribution < -0.4 is 4.90 Å². The van der Waals surface area contributed by atoms with Crippen LogP contribution in [0.5, 0.6) is 0 Å². The molecule has 0 saturated heterocycles. The van der Waals surface area contributed by atoms with Crippen LogP contribution in [0.25, 0.3) is 0 Å². The van der Waals surface area contributed by atoms with E-state index in [2.05, 4.69) is 4.98 Å². The Morgan fingerprint density at radius 2 is 1.75 bits per heavy atom. The zero-order chi connectivity index (χ0) is 11.5. The molecule has 1 heterocycles. The summed E-state index contributed by atoms with van der Waals surface area (Å²) in [6, 6.07) is 8.77. The number of benzene rings is 1. The molecule has 0 spiro atoms. The Morgan fingerprint density at radius 1 is 1.06 bits per heavy atom. The van der Waals surface area contributed by atoms with Gasteiger partial charge in [0.2, 0.25) is 0 Å². The van der Waals surface area contributed by atoms with Crippen molar-refractivity contribution in [2.75, 3.05) is 11.9 Å². The highest BCUT2D eigenvalue weighted by atomic mass is 19.1. The predicted octanol–water partition coefficient (Wildman–Crippen LogP) is 3.30. The summed E-state index contributed by atoms with van der Waals surface area (Å²) < 4.78 is 13.3. The smallest absolute Gasteiger partial charge is 0.125 e. The van der Waals surface area contributed by atoms with Gasteiger partial charge in [-0.3, -0.25) is 4.98 Å². The molecule has 1 aromatic heterocycles. The molecule has 0 aliphatic rings. The number of halogens is 1. The second-order valence-electron chi connectivity index (χ2n) is 3.75. The van der Waals surface area contributed by atoms with E-state index in [0.29, 0.717) is 0 Å². The zero-order valence-electron chi connectivity index (χ0n) is 9.31. The molecule has 0 amide bonds. The van der Waals surface area contributed by atoms with Crippen molar-refractivity contribution in [2.24, 2.45) is 0 Å². The van der Waals surface area contributed by atoms with E-state index in [1.807, 2.05) is 37.1 Å². The minimum Gasteiger partial charge on any atom is -0.344 e. The van der Waals surface area contributed by atoms with Crippen molar-refractivity contribution in [1.29, 1.82) is 0 Å². The quantitative estimate of drug-likeness (QED) is 0.765. The molecule has 0 bridgehead atoms. The fourth-order valence-electron chi connectivity index (χ4n) is 1.63. The highest BCUT2D eigenvalue weighted by Gasteiger charge is 2.05. The molecule has 0 aliphatic carbocycles. The summed E-state index contributed by atoms with van der Waals surface area (Å²) in [6.45, 7) is 1.88. The average molecular weight is 216 g/mol. The van der Waals surface area contributed by atoms with Crippen LogP contribution in [0.4, 0.5) is 15.8 Å². The van der Waals surface area contributed by atoms with Crippen molar-refractivity contribution < 1.29 is 4.39 Å². The molecule has 2 aromatic rings. The maximum absolute atomic E-state index is 13.3. The molecule has 0 unspecified atom stereocenters. The summed E-state index contributed by atoms with van der Waals surface area (Å²) in [5, 5.41) is 0. The third-order valence-corrected chi connectivity index (χ3v) is 2.46. The van der Waals surface area contributed by atoms with Crippen LogP contribution in [-0.2, 0) is 0 Å². The first-order valence-electron chi connectivity index (χ1n) is 5.08. The number of pyridine rings is 1. The maximum atomic E-state index is 13.3. The Kier molecular flexibility index (Phi) is 2.86. The minimum atomic E-state index is -0.212. The van der Waals surface area contributed by atoms with Gasteiger partial charge >= 0.3 is 0 Å². The van der Waals surface area contributed by atoms with E-state index in [9.17, 15) is 4.39 Å². The number of aryl methyl sites for hydroxylation is 1. The fourth-order valence-corrected chi connectivity index (χ4v) is 1.63. The lowest BCUT2D eigenvalue weighted by Gasteiger charge is -2.19. The molecule has 2 rings (SSSR count). The topological polar surface area (TPSA) is 16.1 Å². The molecule has 0 aliphatic heterocycles. The molecule has 0 N–H and O–H groups in total. The first-order chi connectivity index (χ1) is 7.66. The van der Waals surface area contributed by atoms with Crippen LogP contribution in [-0.4, -0.2) is 12.0 Å². The number of anilines is 2. The maximum Gasteiger partial charge on any atom is 0.125 e. The van der Waals surface area contributed by atoms with Crippen molar-refractivity contribution in [3.63, 3.8) is 0 Å². The Morgan fingerprint density at radius 3 is 2.38 bits per heavy atom. The van der Waals surface area contributed by atoms with E-state index in [1.54, 1.807) is 12.4 Å². The van der Waals surface area contributed by atoms with E-state index in [4.69, 9.17) is 0 Å². The predicted molar refractivity (Wildman–Crippen MR) is 63.4 cm³/mol. The SMILES string of the molecule is Cc1cc(F)cc(N(C)c2ccncc2)c1. The van der Waals surface area contributed by atoms with Gasteiger partial charge in [0.1, 0.15) is 5.82 Å². The van der Waals surface area contributed by atoms with Crippen LogP contribution in [0.1, 0.15) is 5.56 Å². The molecule has 16 heavy (non-hydrogen) atoms. The van der Waals surface area contributed by atoms with Gasteiger partial charge in [0, 0.05) is 30.8 Å². The summed E-state index contributed by atoms with van der Waals surface area (Å²) >= 11 is 0. The first kappa shape index (κ1) is 10.6. The molecular formula is C13H13FN2. The monoisotopic (exact) mass is 216 g/mol. The highest BCUT2D eigenvalue weighted by Crippen LogP contribution is 2.24. The van der Waals surface area contributed by atoms with Crippen LogP contribution >= 0.6 is 0 Å². The van der Waals surface area contributed by atoms with Gasteiger partial charge in [-0.1, -0.05) is 0 Å². The highest BCUT2D eigenvalue weighted by molar-refractivity contribution is 5.62. The third kappa shape index (κ3) is 2.19. The zero-order valence-corrected chi connectivity index (χ0v) is 9.31. The number of nitrogens with zero attached hydrogens (tertiary/aromatic N) is 2. The van der Waals surface area contributed by atoms with Crippen molar-refractivity contribution in [3.05, 3.63) is 54.1 Å². The lowest BCUT2D eigenvalue weighted by Crippen LogP contribution is -2.09. The van der Waals surface area contributed by atoms with Crippen LogP contribution in [0.15, 0.2) is 42.7 Å². The molecular weight excluding hydrogens is 203 g/mol. The molecule has 0 atom stereocenters. The number of aromatic nitrogens is 1. The van der Waals surface area contributed by atoms with Crippen LogP contribution in [0.2, 0.25) is 0 Å². The number of hydrogen-bond donors (Lipinski definition) is 0. The van der Waals surface area contributed by atoms with E-state index in [0.717, 1.165) is 16.9 Å². The summed E-state index contributed by atoms with van der Waals surface area (Å²) in [5.74, 6) is -0.212. The average Bonchev–Trinajstić information content (AvgIpc) is 2.28. The lowest BCUT2D eigenvalue weighted by molar-refractivity contribution is 0.626. The first-order valence-corrected chi connectivity index (χ1v) is 5.08. The van der Waals surface area contributed by atoms with Crippen LogP contribution in [0.3, 0.4) is 0 Å². The molecule has 82 valence electrons. The van der Waals surface area contributed by atoms with E-state index in [-0.39, 0.29) is 5.82 Å². The van der Waals surface area contributed by atoms with Crippen LogP contribution in [0, 0.1) is 12.7 Å². The fraction of sp³-hybridized carbons (Fsp3) is 0.154. The van der Waals surface area contributed by atoms with E-state index >= 15 is 0 Å². The molecule has 0 fully saturated rings. The summed E-state index contributed by atoms with van der Waals surface area (Å²) in [4.78, 5) is 5.88. The Bertz CT molecular complexity index is 462. The van der Waals surface area contributed by atoms with Gasteiger partial charge < -0.3 is 4.90 Å². The van der Waals surface area contributed by atoms with E-state index < -0.39 is 0 Å². The standard InChI is InChI=1S/C13H13FN2/c1-10-7-11(14)9-13(8-10)16(2)12-3-5-15-6-4-12/h3-9H,1-2H3. The second kappa shape index (κ2) is 4.31. The molecule has 3 heteroatoms. The summed E-state index contributed by atoms with van der Waals surface area (Å²) in [5.41, 5.74) is 2.74. The second-order valence-corrected chi connectivity index (χ2v) is 3.75. The minimum absolute atomic E-state index is 0.212. The van der Waals surface area contributed by atoms with Gasteiger partial charge in [0.15, 0.2) is 0 Å². The lowest BCUT2D eigenvalue weighted by atomic mass is 10.2. The van der Waals surface area contributed by atoms with Crippen molar-refractivity contribution >= 4 is 11.4 Å². The molecule has 1 aromatic carbocycles. The summed E-state index contributed by atoms with van der Waals surface area (Å²) in [7, 11) is 1.91. The van der Waals surface area contributed by atoms with Gasteiger partial charge in [-0.2, -0.15) is 0 Å². The largest absolute Gasteiger partial charge is 0.344 e. The van der Waals surface area contributed by atoms with Crippen molar-refractivity contribution in [3.8, 4) is 0 Å². The number of hydrogen-bond acceptors (Lipinski definition) is 2. The summed E-state index contributed by atoms with van der Waals surface area (Å²) in [6.07, 6.45) is 3.44. The Labute approximate surface area is 94.4 Å². The van der Waals surface area contributed by atoms with Crippen molar-refractivity contribution in [1.82, 2.24) is 4.98 Å². The third-order valence-electron chi connectivity index (χ3n) is 2.46. The van der Waals surface area contributed by atoms with Gasteiger partial charge in [-0.05, 0) is 42.8 Å². The Hall–Kier alpha value is -1.90. The van der Waals surface area contributed by atoms with Crippen molar-refractivity contribution in [2.45, 2.75) is 6.92 Å². The normalized spacial score (nSPS) is 10.2. The van der Waals surface area contributed by atoms with Gasteiger partial charge in [-0.25, -0.2) is 4.39 Å². The van der Waals surface area contributed by atoms with Gasteiger partial charge in [0.25, 0.3) is 0 Å².